The Morgan fingerprint density at radius 3 is 1.21 bits per heavy atom. The van der Waals surface area contributed by atoms with Gasteiger partial charge in [0, 0.05) is 27.1 Å². The quantitative estimate of drug-likeness (QED) is 0.129. The first-order valence-electron chi connectivity index (χ1n) is 16.5. The van der Waals surface area contributed by atoms with Crippen molar-refractivity contribution in [2.45, 2.75) is 40.0 Å². The minimum atomic E-state index is -5.10. The van der Waals surface area contributed by atoms with E-state index < -0.39 is 40.3 Å². The Labute approximate surface area is 294 Å². The average Bonchev–Trinajstić information content (AvgIpc) is 3.63. The van der Waals surface area contributed by atoms with Crippen LogP contribution in [0, 0.1) is 34.3 Å². The Kier molecular flexibility index (Phi) is 7.33. The lowest BCUT2D eigenvalue weighted by Gasteiger charge is -2.25. The van der Waals surface area contributed by atoms with Crippen LogP contribution in [0.5, 0.6) is 0 Å². The smallest absolute Gasteiger partial charge is 0.307 e. The fraction of sp³-hybridized carbons (Fsp3) is 0.140. The number of aromatic nitrogens is 2. The van der Waals surface area contributed by atoms with E-state index in [1.54, 1.807) is 0 Å². The molecule has 0 unspecified atom stereocenters. The van der Waals surface area contributed by atoms with Crippen LogP contribution >= 0.6 is 0 Å². The van der Waals surface area contributed by atoms with Crippen molar-refractivity contribution in [3.8, 4) is 22.5 Å². The van der Waals surface area contributed by atoms with E-state index in [0.717, 1.165) is 68.1 Å². The summed E-state index contributed by atoms with van der Waals surface area (Å²) in [6.45, 7) is 15.4. The zero-order valence-electron chi connectivity index (χ0n) is 28.4. The minimum Gasteiger partial charge on any atom is -0.307 e. The Balaban J connectivity index is 1.69. The van der Waals surface area contributed by atoms with Crippen molar-refractivity contribution in [2.75, 3.05) is 0 Å². The zero-order valence-corrected chi connectivity index (χ0v) is 28.4. The number of para-hydroxylation sites is 4. The van der Waals surface area contributed by atoms with Crippen molar-refractivity contribution in [1.29, 1.82) is 0 Å². The fourth-order valence-corrected chi connectivity index (χ4v) is 7.93. The highest BCUT2D eigenvalue weighted by molar-refractivity contribution is 6.13. The molecule has 2 aromatic heterocycles. The highest BCUT2D eigenvalue weighted by Gasteiger charge is 2.41. The summed E-state index contributed by atoms with van der Waals surface area (Å²) >= 11 is 0. The molecule has 6 aromatic carbocycles. The van der Waals surface area contributed by atoms with E-state index in [9.17, 15) is 13.2 Å². The molecule has 0 spiro atoms. The van der Waals surface area contributed by atoms with Crippen LogP contribution in [0.3, 0.4) is 0 Å². The molecule has 0 aliphatic carbocycles. The Morgan fingerprint density at radius 2 is 0.846 bits per heavy atom. The van der Waals surface area contributed by atoms with Crippen molar-refractivity contribution in [3.63, 3.8) is 0 Å². The minimum absolute atomic E-state index is 0.138. The maximum absolute atomic E-state index is 15.5. The van der Waals surface area contributed by atoms with Crippen LogP contribution in [0.25, 0.3) is 71.0 Å². The third kappa shape index (κ3) is 4.81. The Bertz CT molecular complexity index is 2710. The van der Waals surface area contributed by atoms with Gasteiger partial charge in [0.05, 0.1) is 51.1 Å². The number of nitrogens with zero attached hydrogens (tertiary/aromatic N) is 3. The summed E-state index contributed by atoms with van der Waals surface area (Å²) in [4.78, 5) is 3.31. The van der Waals surface area contributed by atoms with E-state index in [1.165, 1.54) is 6.07 Å². The van der Waals surface area contributed by atoms with Crippen molar-refractivity contribution in [1.82, 2.24) is 9.13 Å². The number of aryl methyl sites for hydroxylation is 4. The van der Waals surface area contributed by atoms with Gasteiger partial charge in [-0.2, -0.15) is 26.3 Å². The molecular formula is C43H29F6N3. The molecule has 8 aromatic rings. The molecule has 0 aliphatic heterocycles. The van der Waals surface area contributed by atoms with Crippen molar-refractivity contribution in [2.24, 2.45) is 0 Å². The summed E-state index contributed by atoms with van der Waals surface area (Å²) in [7, 11) is 0. The molecule has 0 N–H and O–H groups in total. The average molecular weight is 702 g/mol. The second kappa shape index (κ2) is 11.5. The van der Waals surface area contributed by atoms with Crippen molar-refractivity contribution < 1.29 is 26.3 Å². The molecule has 258 valence electrons. The molecule has 0 bridgehead atoms. The molecule has 0 saturated carbocycles. The van der Waals surface area contributed by atoms with Gasteiger partial charge in [-0.1, -0.05) is 91.0 Å². The second-order valence-electron chi connectivity index (χ2n) is 13.2. The van der Waals surface area contributed by atoms with Crippen molar-refractivity contribution in [3.05, 3.63) is 148 Å². The predicted molar refractivity (Wildman–Crippen MR) is 196 cm³/mol. The van der Waals surface area contributed by atoms with E-state index in [-0.39, 0.29) is 11.4 Å². The summed E-state index contributed by atoms with van der Waals surface area (Å²) in [5.74, 6) is 0. The molecule has 2 heterocycles. The van der Waals surface area contributed by atoms with Gasteiger partial charge in [0.2, 0.25) is 0 Å². The molecule has 8 rings (SSSR count). The molecule has 0 atom stereocenters. The number of rotatable bonds is 3. The predicted octanol–water partition coefficient (Wildman–Crippen LogP) is 13.4. The van der Waals surface area contributed by atoms with Crippen LogP contribution in [0.1, 0.15) is 33.4 Å². The second-order valence-corrected chi connectivity index (χ2v) is 13.2. The highest BCUT2D eigenvalue weighted by Crippen LogP contribution is 2.50. The summed E-state index contributed by atoms with van der Waals surface area (Å²) in [6, 6.07) is 28.0. The largest absolute Gasteiger partial charge is 0.417 e. The number of hydrogen-bond donors (Lipinski definition) is 0. The standard InChI is InChI=1S/C43H29F6N3/c1-23-11-6-15-27-28-16-7-12-24(2)39(28)51(38(23)27)35-21-31(37-32(42(44,45)46)19-10-20-34(37)50-5)33(43(47,48)49)22-36(35)52-40-25(3)13-8-17-29(40)30-18-9-14-26(4)41(30)52/h6-22H,1-4H3. The van der Waals surface area contributed by atoms with E-state index >= 15 is 13.2 Å². The number of benzene rings is 6. The molecule has 52 heavy (non-hydrogen) atoms. The molecule has 0 saturated heterocycles. The van der Waals surface area contributed by atoms with Crippen LogP contribution in [0.15, 0.2) is 103 Å². The molecule has 3 nitrogen and oxygen atoms in total. The van der Waals surface area contributed by atoms with Gasteiger partial charge in [0.25, 0.3) is 0 Å². The Morgan fingerprint density at radius 1 is 0.481 bits per heavy atom. The number of fused-ring (bicyclic) bond motifs is 6. The van der Waals surface area contributed by atoms with Crippen LogP contribution < -0.4 is 0 Å². The number of alkyl halides is 6. The lowest BCUT2D eigenvalue weighted by Crippen LogP contribution is -2.14. The molecule has 0 amide bonds. The first-order chi connectivity index (χ1) is 24.7. The molecule has 0 fully saturated rings. The molecule has 0 radical (unpaired) electrons. The highest BCUT2D eigenvalue weighted by atomic mass is 19.4. The van der Waals surface area contributed by atoms with Gasteiger partial charge in [-0.15, -0.1) is 0 Å². The third-order valence-corrected chi connectivity index (χ3v) is 10.1. The van der Waals surface area contributed by atoms with Gasteiger partial charge in [0.15, 0.2) is 5.69 Å². The van der Waals surface area contributed by atoms with E-state index in [4.69, 9.17) is 6.57 Å². The van der Waals surface area contributed by atoms with Gasteiger partial charge < -0.3 is 9.13 Å². The normalized spacial score (nSPS) is 12.4. The Hall–Kier alpha value is -6.01. The third-order valence-electron chi connectivity index (χ3n) is 10.1. The van der Waals surface area contributed by atoms with Crippen LogP contribution in [-0.2, 0) is 12.4 Å². The fourth-order valence-electron chi connectivity index (χ4n) is 7.93. The van der Waals surface area contributed by atoms with Gasteiger partial charge in [0.1, 0.15) is 0 Å². The monoisotopic (exact) mass is 701 g/mol. The summed E-state index contributed by atoms with van der Waals surface area (Å²) in [5, 5.41) is 3.35. The van der Waals surface area contributed by atoms with Gasteiger partial charge in [-0.25, -0.2) is 4.85 Å². The van der Waals surface area contributed by atoms with Crippen LogP contribution in [0.4, 0.5) is 32.0 Å². The molecule has 0 aliphatic rings. The zero-order chi connectivity index (χ0) is 36.9. The first-order valence-corrected chi connectivity index (χ1v) is 16.5. The summed E-state index contributed by atoms with van der Waals surface area (Å²) in [5.41, 5.74) is 1.77. The lowest BCUT2D eigenvalue weighted by molar-refractivity contribution is -0.139. The van der Waals surface area contributed by atoms with Crippen molar-refractivity contribution >= 4 is 49.3 Å². The number of hydrogen-bond acceptors (Lipinski definition) is 0. The maximum Gasteiger partial charge on any atom is 0.417 e. The van der Waals surface area contributed by atoms with Gasteiger partial charge in [-0.3, -0.25) is 0 Å². The van der Waals surface area contributed by atoms with Gasteiger partial charge >= 0.3 is 12.4 Å². The van der Waals surface area contributed by atoms with E-state index in [2.05, 4.69) is 4.85 Å². The van der Waals surface area contributed by atoms with Gasteiger partial charge in [-0.05, 0) is 67.6 Å². The lowest BCUT2D eigenvalue weighted by atomic mass is 9.91. The summed E-state index contributed by atoms with van der Waals surface area (Å²) < 4.78 is 94.5. The van der Waals surface area contributed by atoms with E-state index in [1.807, 2.05) is 110 Å². The van der Waals surface area contributed by atoms with Crippen LogP contribution in [0.2, 0.25) is 0 Å². The number of halogens is 6. The topological polar surface area (TPSA) is 14.2 Å². The van der Waals surface area contributed by atoms with Crippen LogP contribution in [-0.4, -0.2) is 9.13 Å². The molecular weight excluding hydrogens is 672 g/mol. The van der Waals surface area contributed by atoms with E-state index in [0.29, 0.717) is 22.1 Å². The summed E-state index contributed by atoms with van der Waals surface area (Å²) in [6.07, 6.45) is -10.1. The maximum atomic E-state index is 15.5. The first kappa shape index (κ1) is 33.2. The molecule has 9 heteroatoms. The SMILES string of the molecule is [C-]#[N+]c1cccc(C(F)(F)F)c1-c1cc(-n2c3c(C)cccc3c3cccc(C)c32)c(-n2c3c(C)cccc3c3cccc(C)c32)cc1C(F)(F)F.